The SMILES string of the molecule is C=CCOC(=O)N1CC(C(F)(F)F)=NC1(C)c1ccccc1. The molecule has 7 heteroatoms. The van der Waals surface area contributed by atoms with Gasteiger partial charge in [0.05, 0.1) is 6.54 Å². The van der Waals surface area contributed by atoms with Crippen molar-refractivity contribution < 1.29 is 22.7 Å². The first-order chi connectivity index (χ1) is 10.3. The standard InChI is InChI=1S/C15H15F3N2O2/c1-3-9-22-13(21)20-10-12(15(16,17)18)19-14(20,2)11-7-5-4-6-8-11/h3-8H,1,9-10H2,2H3. The lowest BCUT2D eigenvalue weighted by atomic mass is 10.0. The van der Waals surface area contributed by atoms with Crippen LogP contribution in [0.15, 0.2) is 48.0 Å². The maximum atomic E-state index is 13.0. The second kappa shape index (κ2) is 5.82. The molecule has 0 spiro atoms. The summed E-state index contributed by atoms with van der Waals surface area (Å²) < 4.78 is 43.8. The Labute approximate surface area is 125 Å². The van der Waals surface area contributed by atoms with Crippen molar-refractivity contribution >= 4 is 11.8 Å². The van der Waals surface area contributed by atoms with Gasteiger partial charge in [0, 0.05) is 0 Å². The Hall–Kier alpha value is -2.31. The fourth-order valence-corrected chi connectivity index (χ4v) is 2.24. The predicted octanol–water partition coefficient (Wildman–Crippen LogP) is 3.50. The molecule has 0 aromatic heterocycles. The molecular formula is C15H15F3N2O2. The maximum Gasteiger partial charge on any atom is 0.430 e. The van der Waals surface area contributed by atoms with Crippen LogP contribution in [0.25, 0.3) is 0 Å². The van der Waals surface area contributed by atoms with Gasteiger partial charge in [-0.1, -0.05) is 43.0 Å². The van der Waals surface area contributed by atoms with Crippen LogP contribution in [0.1, 0.15) is 12.5 Å². The molecule has 22 heavy (non-hydrogen) atoms. The second-order valence-electron chi connectivity index (χ2n) is 4.89. The largest absolute Gasteiger partial charge is 0.445 e. The summed E-state index contributed by atoms with van der Waals surface area (Å²) in [5, 5.41) is 0. The molecule has 1 atom stereocenters. The molecule has 0 N–H and O–H groups in total. The van der Waals surface area contributed by atoms with Crippen LogP contribution in [0.2, 0.25) is 0 Å². The van der Waals surface area contributed by atoms with E-state index in [2.05, 4.69) is 11.6 Å². The zero-order valence-electron chi connectivity index (χ0n) is 11.9. The number of alkyl halides is 3. The Morgan fingerprint density at radius 2 is 2.09 bits per heavy atom. The summed E-state index contributed by atoms with van der Waals surface area (Å²) in [5.41, 5.74) is -1.98. The van der Waals surface area contributed by atoms with Gasteiger partial charge in [-0.3, -0.25) is 9.89 Å². The molecular weight excluding hydrogens is 297 g/mol. The molecule has 1 aliphatic rings. The van der Waals surface area contributed by atoms with Gasteiger partial charge in [-0.15, -0.1) is 0 Å². The van der Waals surface area contributed by atoms with Gasteiger partial charge in [0.1, 0.15) is 12.3 Å². The number of hydrogen-bond donors (Lipinski definition) is 0. The van der Waals surface area contributed by atoms with Crippen LogP contribution >= 0.6 is 0 Å². The summed E-state index contributed by atoms with van der Waals surface area (Å²) in [6.07, 6.45) is -4.11. The molecule has 0 bridgehead atoms. The molecule has 1 unspecified atom stereocenters. The van der Waals surface area contributed by atoms with Gasteiger partial charge in [-0.25, -0.2) is 4.79 Å². The third kappa shape index (κ3) is 2.98. The minimum atomic E-state index is -4.59. The normalized spacial score (nSPS) is 21.5. The van der Waals surface area contributed by atoms with Crippen molar-refractivity contribution in [3.63, 3.8) is 0 Å². The molecule has 2 rings (SSSR count). The lowest BCUT2D eigenvalue weighted by molar-refractivity contribution is -0.0598. The first-order valence-corrected chi connectivity index (χ1v) is 6.56. The predicted molar refractivity (Wildman–Crippen MR) is 75.5 cm³/mol. The van der Waals surface area contributed by atoms with E-state index in [4.69, 9.17) is 4.74 Å². The van der Waals surface area contributed by atoms with E-state index in [-0.39, 0.29) is 6.61 Å². The van der Waals surface area contributed by atoms with E-state index in [1.165, 1.54) is 13.0 Å². The summed E-state index contributed by atoms with van der Waals surface area (Å²) >= 11 is 0. The Balaban J connectivity index is 2.41. The lowest BCUT2D eigenvalue weighted by Crippen LogP contribution is -2.44. The average Bonchev–Trinajstić information content (AvgIpc) is 2.85. The van der Waals surface area contributed by atoms with Gasteiger partial charge >= 0.3 is 12.3 Å². The second-order valence-corrected chi connectivity index (χ2v) is 4.89. The zero-order chi connectivity index (χ0) is 16.4. The Morgan fingerprint density at radius 3 is 2.64 bits per heavy atom. The molecule has 4 nitrogen and oxygen atoms in total. The number of carbonyl (C=O) groups is 1. The van der Waals surface area contributed by atoms with Crippen molar-refractivity contribution in [1.29, 1.82) is 0 Å². The molecule has 1 aromatic rings. The Kier molecular flexibility index (Phi) is 4.25. The summed E-state index contributed by atoms with van der Waals surface area (Å²) in [5.74, 6) is 0. The van der Waals surface area contributed by atoms with Crippen molar-refractivity contribution in [3.05, 3.63) is 48.6 Å². The summed E-state index contributed by atoms with van der Waals surface area (Å²) in [6.45, 7) is 4.13. The van der Waals surface area contributed by atoms with E-state index in [9.17, 15) is 18.0 Å². The van der Waals surface area contributed by atoms with Crippen molar-refractivity contribution in [2.75, 3.05) is 13.2 Å². The zero-order valence-corrected chi connectivity index (χ0v) is 11.9. The van der Waals surface area contributed by atoms with E-state index in [1.807, 2.05) is 0 Å². The van der Waals surface area contributed by atoms with Gasteiger partial charge in [0.15, 0.2) is 5.66 Å². The highest BCUT2D eigenvalue weighted by Gasteiger charge is 2.50. The fourth-order valence-electron chi connectivity index (χ4n) is 2.24. The van der Waals surface area contributed by atoms with Crippen LogP contribution in [0.3, 0.4) is 0 Å². The minimum Gasteiger partial charge on any atom is -0.445 e. The van der Waals surface area contributed by atoms with Gasteiger partial charge in [-0.05, 0) is 12.5 Å². The highest BCUT2D eigenvalue weighted by atomic mass is 19.4. The summed E-state index contributed by atoms with van der Waals surface area (Å²) in [6, 6.07) is 8.33. The number of nitrogens with zero attached hydrogens (tertiary/aromatic N) is 2. The monoisotopic (exact) mass is 312 g/mol. The number of halogens is 3. The highest BCUT2D eigenvalue weighted by Crippen LogP contribution is 2.38. The molecule has 0 saturated heterocycles. The molecule has 1 amide bonds. The molecule has 0 aliphatic carbocycles. The third-order valence-corrected chi connectivity index (χ3v) is 3.38. The number of hydrogen-bond acceptors (Lipinski definition) is 3. The quantitative estimate of drug-likeness (QED) is 0.802. The first kappa shape index (κ1) is 16.1. The first-order valence-electron chi connectivity index (χ1n) is 6.56. The molecule has 0 fully saturated rings. The van der Waals surface area contributed by atoms with Crippen LogP contribution in [0.4, 0.5) is 18.0 Å². The number of benzene rings is 1. The molecule has 1 aliphatic heterocycles. The topological polar surface area (TPSA) is 41.9 Å². The van der Waals surface area contributed by atoms with Crippen LogP contribution in [-0.4, -0.2) is 36.0 Å². The van der Waals surface area contributed by atoms with Gasteiger partial charge in [0.2, 0.25) is 0 Å². The van der Waals surface area contributed by atoms with E-state index >= 15 is 0 Å². The van der Waals surface area contributed by atoms with Gasteiger partial charge < -0.3 is 4.74 Å². The summed E-state index contributed by atoms with van der Waals surface area (Å²) in [4.78, 5) is 16.8. The molecule has 0 radical (unpaired) electrons. The Morgan fingerprint density at radius 1 is 1.45 bits per heavy atom. The van der Waals surface area contributed by atoms with Crippen LogP contribution < -0.4 is 0 Å². The van der Waals surface area contributed by atoms with Crippen molar-refractivity contribution in [3.8, 4) is 0 Å². The van der Waals surface area contributed by atoms with Crippen LogP contribution in [0.5, 0.6) is 0 Å². The number of aliphatic imine (C=N–C) groups is 1. The van der Waals surface area contributed by atoms with Crippen LogP contribution in [-0.2, 0) is 10.4 Å². The number of ether oxygens (including phenoxy) is 1. The van der Waals surface area contributed by atoms with Crippen molar-refractivity contribution in [2.45, 2.75) is 18.8 Å². The van der Waals surface area contributed by atoms with Gasteiger partial charge in [0.25, 0.3) is 0 Å². The summed E-state index contributed by atoms with van der Waals surface area (Å²) in [7, 11) is 0. The lowest BCUT2D eigenvalue weighted by Gasteiger charge is -2.32. The fraction of sp³-hybridized carbons (Fsp3) is 0.333. The molecule has 1 heterocycles. The average molecular weight is 312 g/mol. The molecule has 118 valence electrons. The number of rotatable bonds is 3. The van der Waals surface area contributed by atoms with E-state index in [0.717, 1.165) is 4.90 Å². The Bertz CT molecular complexity index is 599. The van der Waals surface area contributed by atoms with Crippen molar-refractivity contribution in [1.82, 2.24) is 4.90 Å². The molecule has 0 saturated carbocycles. The maximum absolute atomic E-state index is 13.0. The number of amides is 1. The highest BCUT2D eigenvalue weighted by molar-refractivity contribution is 5.96. The minimum absolute atomic E-state index is 0.0818. The van der Waals surface area contributed by atoms with E-state index in [1.54, 1.807) is 30.3 Å². The number of carbonyl (C=O) groups excluding carboxylic acids is 1. The van der Waals surface area contributed by atoms with Crippen molar-refractivity contribution in [2.24, 2.45) is 4.99 Å². The van der Waals surface area contributed by atoms with E-state index in [0.29, 0.717) is 5.56 Å². The van der Waals surface area contributed by atoms with Gasteiger partial charge in [-0.2, -0.15) is 13.2 Å². The molecule has 1 aromatic carbocycles. The smallest absolute Gasteiger partial charge is 0.430 e. The third-order valence-electron chi connectivity index (χ3n) is 3.38. The van der Waals surface area contributed by atoms with E-state index < -0.39 is 30.2 Å². The van der Waals surface area contributed by atoms with Crippen LogP contribution in [0, 0.1) is 0 Å².